The van der Waals surface area contributed by atoms with E-state index in [1.807, 2.05) is 53.9 Å². The second-order valence-electron chi connectivity index (χ2n) is 7.94. The zero-order valence-corrected chi connectivity index (χ0v) is 20.0. The quantitative estimate of drug-likeness (QED) is 0.498. The van der Waals surface area contributed by atoms with Crippen LogP contribution in [0.5, 0.6) is 11.5 Å². The maximum atomic E-state index is 12.8. The molecule has 2 amide bonds. The SMILES string of the molecule is COc1ccc(-c2csc(NC(=O)C3CCN(C(=O)/C=C/c4ccccc4)CC3)n2)c(OC)c1. The number of nitrogens with zero attached hydrogens (tertiary/aromatic N) is 2. The molecule has 2 aromatic carbocycles. The van der Waals surface area contributed by atoms with Gasteiger partial charge in [0.2, 0.25) is 11.8 Å². The molecule has 176 valence electrons. The van der Waals surface area contributed by atoms with Crippen molar-refractivity contribution in [1.29, 1.82) is 0 Å². The summed E-state index contributed by atoms with van der Waals surface area (Å²) in [6, 6.07) is 15.3. The number of likely N-dealkylation sites (tertiary alicyclic amines) is 1. The number of anilines is 1. The molecule has 1 aliphatic heterocycles. The summed E-state index contributed by atoms with van der Waals surface area (Å²) in [7, 11) is 3.20. The highest BCUT2D eigenvalue weighted by atomic mass is 32.1. The van der Waals surface area contributed by atoms with Crippen molar-refractivity contribution in [2.24, 2.45) is 5.92 Å². The maximum Gasteiger partial charge on any atom is 0.246 e. The minimum atomic E-state index is -0.148. The van der Waals surface area contributed by atoms with Gasteiger partial charge >= 0.3 is 0 Å². The van der Waals surface area contributed by atoms with Gasteiger partial charge < -0.3 is 19.7 Å². The molecule has 1 N–H and O–H groups in total. The summed E-state index contributed by atoms with van der Waals surface area (Å²) in [5.74, 6) is 1.12. The van der Waals surface area contributed by atoms with Gasteiger partial charge in [0.05, 0.1) is 19.9 Å². The molecule has 7 nitrogen and oxygen atoms in total. The smallest absolute Gasteiger partial charge is 0.246 e. The van der Waals surface area contributed by atoms with Gasteiger partial charge in [-0.3, -0.25) is 9.59 Å². The average molecular weight is 478 g/mol. The van der Waals surface area contributed by atoms with Gasteiger partial charge in [0, 0.05) is 42.1 Å². The predicted molar refractivity (Wildman–Crippen MR) is 134 cm³/mol. The van der Waals surface area contributed by atoms with Crippen molar-refractivity contribution in [1.82, 2.24) is 9.88 Å². The summed E-state index contributed by atoms with van der Waals surface area (Å²) in [6.07, 6.45) is 4.67. The van der Waals surface area contributed by atoms with E-state index in [4.69, 9.17) is 9.47 Å². The lowest BCUT2D eigenvalue weighted by molar-refractivity contribution is -0.130. The summed E-state index contributed by atoms with van der Waals surface area (Å²) in [4.78, 5) is 31.6. The third-order valence-corrected chi connectivity index (χ3v) is 6.57. The molecule has 0 aliphatic carbocycles. The van der Waals surface area contributed by atoms with E-state index >= 15 is 0 Å². The fourth-order valence-electron chi connectivity index (χ4n) is 3.87. The highest BCUT2D eigenvalue weighted by Crippen LogP contribution is 2.35. The van der Waals surface area contributed by atoms with Crippen molar-refractivity contribution in [2.45, 2.75) is 12.8 Å². The number of rotatable bonds is 7. The Labute approximate surface area is 203 Å². The third kappa shape index (κ3) is 5.63. The van der Waals surface area contributed by atoms with Gasteiger partial charge in [-0.15, -0.1) is 11.3 Å². The Balaban J connectivity index is 1.31. The number of hydrogen-bond donors (Lipinski definition) is 1. The van der Waals surface area contributed by atoms with Gasteiger partial charge in [-0.1, -0.05) is 30.3 Å². The minimum absolute atomic E-state index is 0.0271. The Hall–Kier alpha value is -3.65. The summed E-state index contributed by atoms with van der Waals surface area (Å²) in [6.45, 7) is 1.12. The number of piperidine rings is 1. The van der Waals surface area contributed by atoms with Crippen LogP contribution in [0, 0.1) is 5.92 Å². The monoisotopic (exact) mass is 477 g/mol. The van der Waals surface area contributed by atoms with Crippen LogP contribution in [0.25, 0.3) is 17.3 Å². The molecular formula is C26H27N3O4S. The van der Waals surface area contributed by atoms with Crippen LogP contribution in [0.3, 0.4) is 0 Å². The molecule has 1 aliphatic rings. The van der Waals surface area contributed by atoms with Crippen molar-refractivity contribution in [3.63, 3.8) is 0 Å². The molecule has 0 spiro atoms. The van der Waals surface area contributed by atoms with Crippen LogP contribution in [-0.2, 0) is 9.59 Å². The number of benzene rings is 2. The summed E-state index contributed by atoms with van der Waals surface area (Å²) >= 11 is 1.37. The maximum absolute atomic E-state index is 12.8. The first kappa shape index (κ1) is 23.5. The van der Waals surface area contributed by atoms with Crippen LogP contribution in [0.2, 0.25) is 0 Å². The van der Waals surface area contributed by atoms with Gasteiger partial charge in [-0.05, 0) is 36.6 Å². The van der Waals surface area contributed by atoms with Crippen molar-refractivity contribution in [3.8, 4) is 22.8 Å². The Bertz CT molecular complexity index is 1170. The van der Waals surface area contributed by atoms with E-state index in [2.05, 4.69) is 10.3 Å². The first-order valence-electron chi connectivity index (χ1n) is 11.1. The molecule has 1 fully saturated rings. The molecule has 0 bridgehead atoms. The molecule has 3 aromatic rings. The van der Waals surface area contributed by atoms with E-state index in [9.17, 15) is 9.59 Å². The molecule has 4 rings (SSSR count). The van der Waals surface area contributed by atoms with E-state index in [0.29, 0.717) is 42.6 Å². The highest BCUT2D eigenvalue weighted by Gasteiger charge is 2.27. The first-order valence-corrected chi connectivity index (χ1v) is 12.0. The van der Waals surface area contributed by atoms with Crippen LogP contribution < -0.4 is 14.8 Å². The number of carbonyl (C=O) groups excluding carboxylic acids is 2. The van der Waals surface area contributed by atoms with E-state index in [0.717, 1.165) is 16.8 Å². The van der Waals surface area contributed by atoms with E-state index < -0.39 is 0 Å². The number of ether oxygens (including phenoxy) is 2. The molecule has 34 heavy (non-hydrogen) atoms. The average Bonchev–Trinajstić information content (AvgIpc) is 3.35. The van der Waals surface area contributed by atoms with Crippen molar-refractivity contribution in [3.05, 3.63) is 65.6 Å². The minimum Gasteiger partial charge on any atom is -0.497 e. The molecule has 1 saturated heterocycles. The highest BCUT2D eigenvalue weighted by molar-refractivity contribution is 7.14. The van der Waals surface area contributed by atoms with E-state index in [1.54, 1.807) is 31.3 Å². The molecule has 2 heterocycles. The van der Waals surface area contributed by atoms with E-state index in [1.165, 1.54) is 11.3 Å². The summed E-state index contributed by atoms with van der Waals surface area (Å²) < 4.78 is 10.7. The third-order valence-electron chi connectivity index (χ3n) is 5.81. The van der Waals surface area contributed by atoms with Crippen LogP contribution in [0.4, 0.5) is 5.13 Å². The lowest BCUT2D eigenvalue weighted by atomic mass is 9.96. The zero-order chi connectivity index (χ0) is 23.9. The number of methoxy groups -OCH3 is 2. The molecular weight excluding hydrogens is 450 g/mol. The standard InChI is InChI=1S/C26H27N3O4S/c1-32-20-9-10-21(23(16-20)33-2)22-17-34-26(27-22)28-25(31)19-12-14-29(15-13-19)24(30)11-8-18-6-4-3-5-7-18/h3-11,16-17,19H,12-15H2,1-2H3,(H,27,28,31)/b11-8+. The fourth-order valence-corrected chi connectivity index (χ4v) is 4.59. The Morgan fingerprint density at radius 2 is 1.85 bits per heavy atom. The normalized spacial score (nSPS) is 14.2. The van der Waals surface area contributed by atoms with Crippen LogP contribution in [0.1, 0.15) is 18.4 Å². The summed E-state index contributed by atoms with van der Waals surface area (Å²) in [5.41, 5.74) is 2.54. The topological polar surface area (TPSA) is 80.8 Å². The van der Waals surface area contributed by atoms with E-state index in [-0.39, 0.29) is 17.7 Å². The Kier molecular flexibility index (Phi) is 7.59. The Morgan fingerprint density at radius 3 is 2.56 bits per heavy atom. The largest absolute Gasteiger partial charge is 0.497 e. The van der Waals surface area contributed by atoms with Crippen molar-refractivity contribution in [2.75, 3.05) is 32.6 Å². The number of nitrogens with one attached hydrogen (secondary N) is 1. The second-order valence-corrected chi connectivity index (χ2v) is 8.80. The van der Waals surface area contributed by atoms with Gasteiger partial charge in [-0.25, -0.2) is 4.98 Å². The number of aromatic nitrogens is 1. The zero-order valence-electron chi connectivity index (χ0n) is 19.2. The molecule has 0 atom stereocenters. The number of hydrogen-bond acceptors (Lipinski definition) is 6. The van der Waals surface area contributed by atoms with Gasteiger partial charge in [0.25, 0.3) is 0 Å². The molecule has 1 aromatic heterocycles. The molecule has 8 heteroatoms. The second kappa shape index (κ2) is 11.0. The summed E-state index contributed by atoms with van der Waals surface area (Å²) in [5, 5.41) is 5.37. The van der Waals surface area contributed by atoms with Crippen LogP contribution in [-0.4, -0.2) is 49.0 Å². The first-order chi connectivity index (χ1) is 16.6. The van der Waals surface area contributed by atoms with Crippen LogP contribution in [0.15, 0.2) is 60.0 Å². The lowest BCUT2D eigenvalue weighted by Gasteiger charge is -2.30. The van der Waals surface area contributed by atoms with Crippen LogP contribution >= 0.6 is 11.3 Å². The number of amides is 2. The van der Waals surface area contributed by atoms with Gasteiger partial charge in [0.1, 0.15) is 11.5 Å². The Morgan fingerprint density at radius 1 is 1.09 bits per heavy atom. The van der Waals surface area contributed by atoms with Crippen molar-refractivity contribution >= 4 is 34.4 Å². The molecule has 0 radical (unpaired) electrons. The lowest BCUT2D eigenvalue weighted by Crippen LogP contribution is -2.40. The van der Waals surface area contributed by atoms with Gasteiger partial charge in [0.15, 0.2) is 5.13 Å². The van der Waals surface area contributed by atoms with Gasteiger partial charge in [-0.2, -0.15) is 0 Å². The molecule has 0 saturated carbocycles. The predicted octanol–water partition coefficient (Wildman–Crippen LogP) is 4.72. The number of carbonyl (C=O) groups is 2. The molecule has 0 unspecified atom stereocenters. The van der Waals surface area contributed by atoms with Crippen molar-refractivity contribution < 1.29 is 19.1 Å². The number of thiazole rings is 1. The fraction of sp³-hybridized carbons (Fsp3) is 0.269.